The smallest absolute Gasteiger partial charge is 0.00394 e. The van der Waals surface area contributed by atoms with Crippen LogP contribution in [0, 0.1) is 5.41 Å². The van der Waals surface area contributed by atoms with E-state index in [2.05, 4.69) is 17.1 Å². The first-order valence-corrected chi connectivity index (χ1v) is 5.78. The van der Waals surface area contributed by atoms with Crippen LogP contribution in [0.15, 0.2) is 0 Å². The van der Waals surface area contributed by atoms with Crippen LogP contribution < -0.4 is 5.32 Å². The van der Waals surface area contributed by atoms with E-state index in [0.717, 1.165) is 0 Å². The van der Waals surface area contributed by atoms with Gasteiger partial charge in [-0.25, -0.2) is 0 Å². The molecule has 1 N–H and O–H groups in total. The molecule has 0 aromatic heterocycles. The third-order valence-corrected chi connectivity index (χ3v) is 3.72. The topological polar surface area (TPSA) is 15.3 Å². The second kappa shape index (κ2) is 3.97. The average Bonchev–Trinajstić information content (AvgIpc) is 2.51. The number of nitrogens with zero attached hydrogens (tertiary/aromatic N) is 1. The monoisotopic (exact) mass is 182 g/mol. The van der Waals surface area contributed by atoms with Crippen molar-refractivity contribution < 1.29 is 0 Å². The Labute approximate surface area is 81.7 Å². The minimum atomic E-state index is 0.709. The molecule has 0 atom stereocenters. The largest absolute Gasteiger partial charge is 0.317 e. The van der Waals surface area contributed by atoms with E-state index in [4.69, 9.17) is 0 Å². The highest BCUT2D eigenvalue weighted by molar-refractivity contribution is 4.92. The fourth-order valence-electron chi connectivity index (χ4n) is 2.90. The lowest BCUT2D eigenvalue weighted by Crippen LogP contribution is -2.38. The molecule has 13 heavy (non-hydrogen) atoms. The number of hydrogen-bond donors (Lipinski definition) is 1. The molecule has 2 heteroatoms. The van der Waals surface area contributed by atoms with Gasteiger partial charge in [-0.3, -0.25) is 0 Å². The Morgan fingerprint density at radius 3 is 2.69 bits per heavy atom. The van der Waals surface area contributed by atoms with Gasteiger partial charge in [0.25, 0.3) is 0 Å². The van der Waals surface area contributed by atoms with Crippen LogP contribution in [-0.2, 0) is 0 Å². The summed E-state index contributed by atoms with van der Waals surface area (Å²) in [6.45, 7) is 8.83. The van der Waals surface area contributed by atoms with E-state index in [1.807, 2.05) is 0 Å². The van der Waals surface area contributed by atoms with E-state index in [1.165, 1.54) is 58.4 Å². The molecule has 2 fully saturated rings. The number of rotatable bonds is 2. The molecule has 2 rings (SSSR count). The molecule has 0 bridgehead atoms. The first-order valence-electron chi connectivity index (χ1n) is 5.78. The number of nitrogens with one attached hydrogen (secondary N) is 1. The van der Waals surface area contributed by atoms with Crippen molar-refractivity contribution in [3.8, 4) is 0 Å². The molecule has 2 saturated heterocycles. The molecule has 76 valence electrons. The quantitative estimate of drug-likeness (QED) is 0.696. The van der Waals surface area contributed by atoms with E-state index in [9.17, 15) is 0 Å². The zero-order chi connectivity index (χ0) is 9.15. The van der Waals surface area contributed by atoms with Crippen molar-refractivity contribution in [3.05, 3.63) is 0 Å². The van der Waals surface area contributed by atoms with Crippen molar-refractivity contribution in [2.24, 2.45) is 5.41 Å². The van der Waals surface area contributed by atoms with Gasteiger partial charge >= 0.3 is 0 Å². The zero-order valence-electron chi connectivity index (χ0n) is 8.81. The molecule has 1 spiro atoms. The van der Waals surface area contributed by atoms with Gasteiger partial charge in [0.1, 0.15) is 0 Å². The van der Waals surface area contributed by atoms with Gasteiger partial charge < -0.3 is 10.2 Å². The Hall–Kier alpha value is -0.0800. The second-order valence-electron chi connectivity index (χ2n) is 4.78. The lowest BCUT2D eigenvalue weighted by molar-refractivity contribution is 0.196. The summed E-state index contributed by atoms with van der Waals surface area (Å²) in [5.74, 6) is 0. The van der Waals surface area contributed by atoms with Crippen molar-refractivity contribution in [3.63, 3.8) is 0 Å². The van der Waals surface area contributed by atoms with Gasteiger partial charge in [-0.1, -0.05) is 6.92 Å². The maximum atomic E-state index is 3.46. The molecular weight excluding hydrogens is 160 g/mol. The van der Waals surface area contributed by atoms with Crippen molar-refractivity contribution >= 4 is 0 Å². The van der Waals surface area contributed by atoms with E-state index in [-0.39, 0.29) is 0 Å². The summed E-state index contributed by atoms with van der Waals surface area (Å²) >= 11 is 0. The third kappa shape index (κ3) is 2.05. The van der Waals surface area contributed by atoms with E-state index in [0.29, 0.717) is 5.41 Å². The van der Waals surface area contributed by atoms with E-state index < -0.39 is 0 Å². The Balaban J connectivity index is 1.87. The molecular formula is C11H22N2. The molecule has 0 aromatic rings. The van der Waals surface area contributed by atoms with Crippen molar-refractivity contribution in [1.82, 2.24) is 10.2 Å². The maximum absolute atomic E-state index is 3.46. The zero-order valence-corrected chi connectivity index (χ0v) is 8.81. The van der Waals surface area contributed by atoms with Gasteiger partial charge in [0.05, 0.1) is 0 Å². The van der Waals surface area contributed by atoms with Gasteiger partial charge in [-0.2, -0.15) is 0 Å². The van der Waals surface area contributed by atoms with Crippen LogP contribution in [0.2, 0.25) is 0 Å². The molecule has 0 aliphatic carbocycles. The first kappa shape index (κ1) is 9.47. The molecule has 2 aliphatic rings. The van der Waals surface area contributed by atoms with Gasteiger partial charge in [-0.05, 0) is 57.3 Å². The fraction of sp³-hybridized carbons (Fsp3) is 1.00. The summed E-state index contributed by atoms with van der Waals surface area (Å²) in [7, 11) is 0. The lowest BCUT2D eigenvalue weighted by Gasteiger charge is -2.33. The summed E-state index contributed by atoms with van der Waals surface area (Å²) in [5, 5.41) is 3.46. The van der Waals surface area contributed by atoms with Crippen LogP contribution in [0.1, 0.15) is 32.6 Å². The summed E-state index contributed by atoms with van der Waals surface area (Å²) < 4.78 is 0. The number of piperidine rings is 1. The van der Waals surface area contributed by atoms with Gasteiger partial charge in [0.2, 0.25) is 0 Å². The summed E-state index contributed by atoms with van der Waals surface area (Å²) in [5.41, 5.74) is 0.709. The van der Waals surface area contributed by atoms with Crippen molar-refractivity contribution in [2.75, 3.05) is 32.7 Å². The Morgan fingerprint density at radius 2 is 2.00 bits per heavy atom. The number of hydrogen-bond acceptors (Lipinski definition) is 2. The van der Waals surface area contributed by atoms with Crippen LogP contribution >= 0.6 is 0 Å². The molecule has 0 unspecified atom stereocenters. The molecule has 0 saturated carbocycles. The van der Waals surface area contributed by atoms with Crippen LogP contribution in [-0.4, -0.2) is 37.6 Å². The molecule has 0 radical (unpaired) electrons. The van der Waals surface area contributed by atoms with Crippen LogP contribution in [0.5, 0.6) is 0 Å². The number of likely N-dealkylation sites (tertiary alicyclic amines) is 1. The fourth-order valence-corrected chi connectivity index (χ4v) is 2.90. The Morgan fingerprint density at radius 1 is 1.23 bits per heavy atom. The average molecular weight is 182 g/mol. The normalized spacial score (nSPS) is 28.4. The van der Waals surface area contributed by atoms with Crippen LogP contribution in [0.25, 0.3) is 0 Å². The van der Waals surface area contributed by atoms with Gasteiger partial charge in [0, 0.05) is 6.54 Å². The molecule has 2 heterocycles. The van der Waals surface area contributed by atoms with E-state index in [1.54, 1.807) is 0 Å². The molecule has 2 nitrogen and oxygen atoms in total. The summed E-state index contributed by atoms with van der Waals surface area (Å²) in [6.07, 6.45) is 5.59. The highest BCUT2D eigenvalue weighted by Crippen LogP contribution is 2.38. The Kier molecular flexibility index (Phi) is 2.89. The standard InChI is InChI=1S/C11H22N2/c1-2-8-13-9-5-11(10-13)3-6-12-7-4-11/h12H,2-10H2,1H3. The minimum Gasteiger partial charge on any atom is -0.317 e. The second-order valence-corrected chi connectivity index (χ2v) is 4.78. The highest BCUT2D eigenvalue weighted by atomic mass is 15.2. The maximum Gasteiger partial charge on any atom is 0.00394 e. The Bertz CT molecular complexity index is 161. The third-order valence-electron chi connectivity index (χ3n) is 3.72. The lowest BCUT2D eigenvalue weighted by atomic mass is 9.78. The molecule has 0 amide bonds. The van der Waals surface area contributed by atoms with Crippen LogP contribution in [0.3, 0.4) is 0 Å². The summed E-state index contributed by atoms with van der Waals surface area (Å²) in [6, 6.07) is 0. The minimum absolute atomic E-state index is 0.709. The first-order chi connectivity index (χ1) is 6.35. The van der Waals surface area contributed by atoms with Crippen LogP contribution in [0.4, 0.5) is 0 Å². The summed E-state index contributed by atoms with van der Waals surface area (Å²) in [4.78, 5) is 2.66. The molecule has 2 aliphatic heterocycles. The van der Waals surface area contributed by atoms with Crippen molar-refractivity contribution in [1.29, 1.82) is 0 Å². The van der Waals surface area contributed by atoms with E-state index >= 15 is 0 Å². The van der Waals surface area contributed by atoms with Gasteiger partial charge in [0.15, 0.2) is 0 Å². The predicted molar refractivity (Wildman–Crippen MR) is 55.9 cm³/mol. The molecule has 0 aromatic carbocycles. The predicted octanol–water partition coefficient (Wildman–Crippen LogP) is 1.47. The highest BCUT2D eigenvalue weighted by Gasteiger charge is 2.38. The SMILES string of the molecule is CCCN1CCC2(CCNCC2)C1. The van der Waals surface area contributed by atoms with Crippen molar-refractivity contribution in [2.45, 2.75) is 32.6 Å². The van der Waals surface area contributed by atoms with Gasteiger partial charge in [-0.15, -0.1) is 0 Å².